The maximum atomic E-state index is 6.19. The quantitative estimate of drug-likeness (QED) is 0.519. The van der Waals surface area contributed by atoms with Crippen molar-refractivity contribution in [3.8, 4) is 11.6 Å². The summed E-state index contributed by atoms with van der Waals surface area (Å²) in [7, 11) is 0. The first-order valence-electron chi connectivity index (χ1n) is 7.71. The number of ether oxygens (including phenoxy) is 1. The third-order valence-corrected chi connectivity index (χ3v) is 4.35. The van der Waals surface area contributed by atoms with E-state index in [0.29, 0.717) is 22.8 Å². The molecule has 0 spiro atoms. The van der Waals surface area contributed by atoms with Crippen LogP contribution in [-0.2, 0) is 0 Å². The monoisotopic (exact) mass is 408 g/mol. The van der Waals surface area contributed by atoms with E-state index in [1.54, 1.807) is 18.6 Å². The fraction of sp³-hybridized carbons (Fsp3) is 0. The molecule has 3 heterocycles. The van der Waals surface area contributed by atoms with Crippen molar-refractivity contribution in [2.24, 2.45) is 0 Å². The number of halogens is 1. The fourth-order valence-corrected chi connectivity index (χ4v) is 2.88. The number of benzene rings is 1. The Bertz CT molecular complexity index is 1070. The number of nitrogen functional groups attached to an aromatic ring is 1. The lowest BCUT2D eigenvalue weighted by Gasteiger charge is -2.12. The highest BCUT2D eigenvalue weighted by Crippen LogP contribution is 2.35. The molecule has 7 nitrogen and oxygen atoms in total. The third kappa shape index (κ3) is 3.14. The number of rotatable bonds is 4. The molecule has 3 aromatic heterocycles. The molecule has 0 atom stereocenters. The summed E-state index contributed by atoms with van der Waals surface area (Å²) in [4.78, 5) is 16.8. The Labute approximate surface area is 157 Å². The van der Waals surface area contributed by atoms with Crippen LogP contribution in [0.25, 0.3) is 10.9 Å². The van der Waals surface area contributed by atoms with Crippen molar-refractivity contribution >= 4 is 44.0 Å². The summed E-state index contributed by atoms with van der Waals surface area (Å²) in [5.74, 6) is 1.25. The summed E-state index contributed by atoms with van der Waals surface area (Å²) in [6.07, 6.45) is 6.46. The molecule has 3 N–H and O–H groups in total. The predicted octanol–water partition coefficient (Wildman–Crippen LogP) is 4.30. The SMILES string of the molecule is Nc1c(Nc2cccnc2)ncnc1Oc1ccc(Br)c2cccnc12. The van der Waals surface area contributed by atoms with Gasteiger partial charge in [0.05, 0.1) is 11.9 Å². The minimum absolute atomic E-state index is 0.251. The van der Waals surface area contributed by atoms with Crippen molar-refractivity contribution < 1.29 is 4.74 Å². The maximum absolute atomic E-state index is 6.19. The Morgan fingerprint density at radius 2 is 1.88 bits per heavy atom. The minimum atomic E-state index is 0.251. The molecule has 0 fully saturated rings. The Balaban J connectivity index is 1.70. The first kappa shape index (κ1) is 16.2. The summed E-state index contributed by atoms with van der Waals surface area (Å²) >= 11 is 3.52. The van der Waals surface area contributed by atoms with Crippen LogP contribution in [0.3, 0.4) is 0 Å². The van der Waals surface area contributed by atoms with Gasteiger partial charge in [0.25, 0.3) is 0 Å². The number of pyridine rings is 2. The van der Waals surface area contributed by atoms with Crippen LogP contribution in [0.2, 0.25) is 0 Å². The van der Waals surface area contributed by atoms with E-state index in [1.165, 1.54) is 6.33 Å². The molecule has 0 saturated carbocycles. The number of nitrogens with one attached hydrogen (secondary N) is 1. The van der Waals surface area contributed by atoms with Crippen LogP contribution in [0.1, 0.15) is 0 Å². The number of aromatic nitrogens is 4. The molecule has 4 aromatic rings. The Morgan fingerprint density at radius 1 is 1.00 bits per heavy atom. The molecular formula is C18H13BrN6O. The molecule has 0 aliphatic carbocycles. The topological polar surface area (TPSA) is 98.8 Å². The largest absolute Gasteiger partial charge is 0.435 e. The molecule has 4 rings (SSSR count). The molecule has 0 aliphatic heterocycles. The molecule has 26 heavy (non-hydrogen) atoms. The second-order valence-corrected chi connectivity index (χ2v) is 6.21. The summed E-state index contributed by atoms with van der Waals surface area (Å²) < 4.78 is 6.87. The summed E-state index contributed by atoms with van der Waals surface area (Å²) in [5.41, 5.74) is 7.96. The summed E-state index contributed by atoms with van der Waals surface area (Å²) in [6.45, 7) is 0. The minimum Gasteiger partial charge on any atom is -0.435 e. The molecule has 0 aliphatic rings. The van der Waals surface area contributed by atoms with Gasteiger partial charge in [0.15, 0.2) is 11.6 Å². The lowest BCUT2D eigenvalue weighted by molar-refractivity contribution is 0.469. The van der Waals surface area contributed by atoms with Gasteiger partial charge >= 0.3 is 0 Å². The van der Waals surface area contributed by atoms with Gasteiger partial charge in [-0.1, -0.05) is 22.0 Å². The van der Waals surface area contributed by atoms with Crippen LogP contribution < -0.4 is 15.8 Å². The van der Waals surface area contributed by atoms with Crippen LogP contribution in [0, 0.1) is 0 Å². The van der Waals surface area contributed by atoms with Crippen LogP contribution in [0.5, 0.6) is 11.6 Å². The van der Waals surface area contributed by atoms with Crippen molar-refractivity contribution in [2.75, 3.05) is 11.1 Å². The lowest BCUT2D eigenvalue weighted by atomic mass is 10.2. The second-order valence-electron chi connectivity index (χ2n) is 5.35. The number of fused-ring (bicyclic) bond motifs is 1. The van der Waals surface area contributed by atoms with Gasteiger partial charge in [0.2, 0.25) is 5.88 Å². The van der Waals surface area contributed by atoms with Gasteiger partial charge in [0.1, 0.15) is 17.5 Å². The van der Waals surface area contributed by atoms with Gasteiger partial charge in [-0.15, -0.1) is 0 Å². The van der Waals surface area contributed by atoms with Gasteiger partial charge in [-0.3, -0.25) is 9.97 Å². The zero-order chi connectivity index (χ0) is 17.9. The van der Waals surface area contributed by atoms with Crippen molar-refractivity contribution in [3.63, 3.8) is 0 Å². The Kier molecular flexibility index (Phi) is 4.32. The molecule has 0 unspecified atom stereocenters. The zero-order valence-corrected chi connectivity index (χ0v) is 15.0. The number of hydrogen-bond donors (Lipinski definition) is 2. The highest BCUT2D eigenvalue weighted by Gasteiger charge is 2.13. The van der Waals surface area contributed by atoms with Gasteiger partial charge < -0.3 is 15.8 Å². The average molecular weight is 409 g/mol. The van der Waals surface area contributed by atoms with Crippen molar-refractivity contribution in [1.82, 2.24) is 19.9 Å². The highest BCUT2D eigenvalue weighted by atomic mass is 79.9. The predicted molar refractivity (Wildman–Crippen MR) is 103 cm³/mol. The van der Waals surface area contributed by atoms with Crippen LogP contribution >= 0.6 is 15.9 Å². The molecule has 0 amide bonds. The van der Waals surface area contributed by atoms with Crippen molar-refractivity contribution in [1.29, 1.82) is 0 Å². The van der Waals surface area contributed by atoms with Crippen LogP contribution in [0.4, 0.5) is 17.2 Å². The molecular weight excluding hydrogens is 396 g/mol. The standard InChI is InChI=1S/C18H13BrN6O/c19-13-5-6-14(16-12(13)4-2-8-22-16)26-18-15(20)17(23-10-24-18)25-11-3-1-7-21-9-11/h1-10H,20H2,(H,23,24,25). The van der Waals surface area contributed by atoms with E-state index in [0.717, 1.165) is 15.5 Å². The Morgan fingerprint density at radius 3 is 2.73 bits per heavy atom. The normalized spacial score (nSPS) is 10.7. The Hall–Kier alpha value is -3.26. The first-order chi connectivity index (χ1) is 12.7. The van der Waals surface area contributed by atoms with Gasteiger partial charge in [-0.25, -0.2) is 4.98 Å². The van der Waals surface area contributed by atoms with E-state index in [9.17, 15) is 0 Å². The van der Waals surface area contributed by atoms with Gasteiger partial charge in [-0.05, 0) is 30.3 Å². The van der Waals surface area contributed by atoms with E-state index < -0.39 is 0 Å². The third-order valence-electron chi connectivity index (χ3n) is 3.66. The van der Waals surface area contributed by atoms with Crippen molar-refractivity contribution in [2.45, 2.75) is 0 Å². The molecule has 128 valence electrons. The van der Waals surface area contributed by atoms with Crippen LogP contribution in [0.15, 0.2) is 65.8 Å². The van der Waals surface area contributed by atoms with Gasteiger partial charge in [-0.2, -0.15) is 4.98 Å². The van der Waals surface area contributed by atoms with E-state index >= 15 is 0 Å². The highest BCUT2D eigenvalue weighted by molar-refractivity contribution is 9.10. The number of nitrogens with two attached hydrogens (primary N) is 1. The number of hydrogen-bond acceptors (Lipinski definition) is 7. The van der Waals surface area contributed by atoms with Crippen molar-refractivity contribution in [3.05, 3.63) is 65.8 Å². The van der Waals surface area contributed by atoms with E-state index in [2.05, 4.69) is 41.2 Å². The molecule has 0 radical (unpaired) electrons. The molecule has 0 saturated heterocycles. The first-order valence-corrected chi connectivity index (χ1v) is 8.50. The maximum Gasteiger partial charge on any atom is 0.248 e. The van der Waals surface area contributed by atoms with Gasteiger partial charge in [0, 0.05) is 22.3 Å². The molecule has 0 bridgehead atoms. The van der Waals surface area contributed by atoms with E-state index in [1.807, 2.05) is 36.4 Å². The van der Waals surface area contributed by atoms with Crippen LogP contribution in [-0.4, -0.2) is 19.9 Å². The van der Waals surface area contributed by atoms with E-state index in [-0.39, 0.29) is 5.88 Å². The fourth-order valence-electron chi connectivity index (χ4n) is 2.43. The van der Waals surface area contributed by atoms with E-state index in [4.69, 9.17) is 10.5 Å². The average Bonchev–Trinajstić information content (AvgIpc) is 2.68. The zero-order valence-electron chi connectivity index (χ0n) is 13.4. The smallest absolute Gasteiger partial charge is 0.248 e. The second kappa shape index (κ2) is 6.93. The summed E-state index contributed by atoms with van der Waals surface area (Å²) in [6, 6.07) is 11.2. The molecule has 8 heteroatoms. The summed E-state index contributed by atoms with van der Waals surface area (Å²) in [5, 5.41) is 4.04. The number of anilines is 3. The number of nitrogens with zero attached hydrogens (tertiary/aromatic N) is 4. The lowest BCUT2D eigenvalue weighted by Crippen LogP contribution is -2.03. The molecule has 1 aromatic carbocycles.